The van der Waals surface area contributed by atoms with E-state index in [0.717, 1.165) is 0 Å². The molecule has 4 nitrogen and oxygen atoms in total. The van der Waals surface area contributed by atoms with Crippen molar-refractivity contribution in [3.63, 3.8) is 0 Å². The highest BCUT2D eigenvalue weighted by Crippen LogP contribution is 2.31. The SMILES string of the molecule is CC1=C(C)C(C)(C(=O)O)OC1=O. The highest BCUT2D eigenvalue weighted by molar-refractivity contribution is 5.98. The first kappa shape index (κ1) is 8.77. The molecule has 0 bridgehead atoms. The van der Waals surface area contributed by atoms with E-state index in [9.17, 15) is 9.59 Å². The molecule has 0 spiro atoms. The Bertz CT molecular complexity index is 289. The second kappa shape index (κ2) is 2.33. The van der Waals surface area contributed by atoms with Crippen molar-refractivity contribution in [1.82, 2.24) is 0 Å². The number of carbonyl (C=O) groups is 2. The first-order chi connectivity index (χ1) is 5.39. The molecular formula is C8H10O4. The third kappa shape index (κ3) is 0.913. The van der Waals surface area contributed by atoms with Crippen LogP contribution in [-0.2, 0) is 14.3 Å². The smallest absolute Gasteiger partial charge is 0.352 e. The summed E-state index contributed by atoms with van der Waals surface area (Å²) in [5, 5.41) is 8.77. The van der Waals surface area contributed by atoms with E-state index in [1.807, 2.05) is 0 Å². The molecule has 0 saturated heterocycles. The van der Waals surface area contributed by atoms with Gasteiger partial charge in [0.25, 0.3) is 0 Å². The van der Waals surface area contributed by atoms with Gasteiger partial charge in [-0.15, -0.1) is 0 Å². The molecular weight excluding hydrogens is 160 g/mol. The van der Waals surface area contributed by atoms with Gasteiger partial charge in [-0.05, 0) is 26.3 Å². The molecule has 1 heterocycles. The normalized spacial score (nSPS) is 29.1. The van der Waals surface area contributed by atoms with Crippen LogP contribution in [0.2, 0.25) is 0 Å². The lowest BCUT2D eigenvalue weighted by Crippen LogP contribution is -2.37. The Morgan fingerprint density at radius 3 is 2.17 bits per heavy atom. The van der Waals surface area contributed by atoms with Crippen molar-refractivity contribution >= 4 is 11.9 Å². The summed E-state index contributed by atoms with van der Waals surface area (Å²) < 4.78 is 4.72. The molecule has 1 N–H and O–H groups in total. The van der Waals surface area contributed by atoms with E-state index in [1.165, 1.54) is 6.92 Å². The van der Waals surface area contributed by atoms with E-state index in [2.05, 4.69) is 0 Å². The Morgan fingerprint density at radius 1 is 1.50 bits per heavy atom. The number of hydrogen-bond acceptors (Lipinski definition) is 3. The Morgan fingerprint density at radius 2 is 2.00 bits per heavy atom. The van der Waals surface area contributed by atoms with Crippen molar-refractivity contribution in [2.45, 2.75) is 26.4 Å². The molecule has 0 aromatic rings. The van der Waals surface area contributed by atoms with Crippen LogP contribution < -0.4 is 0 Å². The Hall–Kier alpha value is -1.32. The lowest BCUT2D eigenvalue weighted by Gasteiger charge is -2.18. The Labute approximate surface area is 69.8 Å². The van der Waals surface area contributed by atoms with Crippen LogP contribution in [0.5, 0.6) is 0 Å². The van der Waals surface area contributed by atoms with Crippen LogP contribution >= 0.6 is 0 Å². The molecule has 1 atom stereocenters. The highest BCUT2D eigenvalue weighted by atomic mass is 16.6. The topological polar surface area (TPSA) is 63.6 Å². The second-order valence-corrected chi connectivity index (χ2v) is 2.98. The molecule has 66 valence electrons. The molecule has 0 aromatic carbocycles. The minimum absolute atomic E-state index is 0.389. The standard InChI is InChI=1S/C8H10O4/c1-4-5(2)8(3,7(10)11)12-6(4)9/h1-3H3,(H,10,11). The summed E-state index contributed by atoms with van der Waals surface area (Å²) in [5.74, 6) is -1.68. The van der Waals surface area contributed by atoms with E-state index in [0.29, 0.717) is 11.1 Å². The van der Waals surface area contributed by atoms with Gasteiger partial charge in [0.2, 0.25) is 5.60 Å². The average molecular weight is 170 g/mol. The molecule has 0 fully saturated rings. The maximum Gasteiger partial charge on any atom is 0.352 e. The van der Waals surface area contributed by atoms with Gasteiger partial charge in [0.1, 0.15) is 0 Å². The fourth-order valence-electron chi connectivity index (χ4n) is 1.05. The molecule has 1 unspecified atom stereocenters. The number of cyclic esters (lactones) is 1. The van der Waals surface area contributed by atoms with E-state index in [4.69, 9.17) is 9.84 Å². The van der Waals surface area contributed by atoms with Crippen molar-refractivity contribution in [3.8, 4) is 0 Å². The third-order valence-electron chi connectivity index (χ3n) is 2.29. The van der Waals surface area contributed by atoms with Crippen molar-refractivity contribution in [2.24, 2.45) is 0 Å². The molecule has 0 radical (unpaired) electrons. The highest BCUT2D eigenvalue weighted by Gasteiger charge is 2.46. The van der Waals surface area contributed by atoms with Crippen LogP contribution in [0.15, 0.2) is 11.1 Å². The Kier molecular flexibility index (Phi) is 1.71. The molecule has 12 heavy (non-hydrogen) atoms. The van der Waals surface area contributed by atoms with E-state index < -0.39 is 17.5 Å². The summed E-state index contributed by atoms with van der Waals surface area (Å²) in [7, 11) is 0. The zero-order valence-electron chi connectivity index (χ0n) is 7.17. The first-order valence-corrected chi connectivity index (χ1v) is 3.54. The number of esters is 1. The van der Waals surface area contributed by atoms with E-state index in [1.54, 1.807) is 13.8 Å². The van der Waals surface area contributed by atoms with Crippen LogP contribution in [-0.4, -0.2) is 22.6 Å². The molecule has 0 saturated carbocycles. The summed E-state index contributed by atoms with van der Waals surface area (Å²) in [6.45, 7) is 4.53. The molecule has 1 aliphatic rings. The number of carboxylic acid groups (broad SMARTS) is 1. The number of aliphatic carboxylic acids is 1. The first-order valence-electron chi connectivity index (χ1n) is 3.54. The van der Waals surface area contributed by atoms with Crippen LogP contribution in [0, 0.1) is 0 Å². The van der Waals surface area contributed by atoms with Gasteiger partial charge in [0, 0.05) is 5.57 Å². The lowest BCUT2D eigenvalue weighted by atomic mass is 9.96. The van der Waals surface area contributed by atoms with Gasteiger partial charge < -0.3 is 9.84 Å². The summed E-state index contributed by atoms with van der Waals surface area (Å²) in [5.41, 5.74) is -0.596. The maximum absolute atomic E-state index is 11.0. The summed E-state index contributed by atoms with van der Waals surface area (Å²) in [4.78, 5) is 21.7. The number of carbonyl (C=O) groups excluding carboxylic acids is 1. The minimum Gasteiger partial charge on any atom is -0.478 e. The van der Waals surface area contributed by atoms with Crippen molar-refractivity contribution in [1.29, 1.82) is 0 Å². The molecule has 1 rings (SSSR count). The monoisotopic (exact) mass is 170 g/mol. The van der Waals surface area contributed by atoms with Crippen LogP contribution in [0.3, 0.4) is 0 Å². The van der Waals surface area contributed by atoms with Gasteiger partial charge >= 0.3 is 11.9 Å². The lowest BCUT2D eigenvalue weighted by molar-refractivity contribution is -0.165. The van der Waals surface area contributed by atoms with E-state index in [-0.39, 0.29) is 0 Å². The van der Waals surface area contributed by atoms with Crippen molar-refractivity contribution in [3.05, 3.63) is 11.1 Å². The number of hydrogen-bond donors (Lipinski definition) is 1. The van der Waals surface area contributed by atoms with Gasteiger partial charge in [-0.2, -0.15) is 0 Å². The van der Waals surface area contributed by atoms with Crippen molar-refractivity contribution < 1.29 is 19.4 Å². The van der Waals surface area contributed by atoms with Gasteiger partial charge in [-0.1, -0.05) is 0 Å². The molecule has 0 aromatic heterocycles. The van der Waals surface area contributed by atoms with Gasteiger partial charge in [0.15, 0.2) is 0 Å². The molecule has 0 aliphatic carbocycles. The largest absolute Gasteiger partial charge is 0.478 e. The summed E-state index contributed by atoms with van der Waals surface area (Å²) in [6, 6.07) is 0. The quantitative estimate of drug-likeness (QED) is 0.589. The number of carboxylic acids is 1. The third-order valence-corrected chi connectivity index (χ3v) is 2.29. The predicted molar refractivity (Wildman–Crippen MR) is 40.5 cm³/mol. The van der Waals surface area contributed by atoms with Crippen LogP contribution in [0.25, 0.3) is 0 Å². The summed E-state index contributed by atoms with van der Waals surface area (Å²) >= 11 is 0. The molecule has 0 amide bonds. The van der Waals surface area contributed by atoms with Crippen LogP contribution in [0.4, 0.5) is 0 Å². The van der Waals surface area contributed by atoms with Gasteiger partial charge in [-0.3, -0.25) is 0 Å². The fraction of sp³-hybridized carbons (Fsp3) is 0.500. The summed E-state index contributed by atoms with van der Waals surface area (Å²) in [6.07, 6.45) is 0. The predicted octanol–water partition coefficient (Wildman–Crippen LogP) is 0.723. The molecule has 1 aliphatic heterocycles. The van der Waals surface area contributed by atoms with Gasteiger partial charge in [0.05, 0.1) is 0 Å². The fourth-order valence-corrected chi connectivity index (χ4v) is 1.05. The zero-order valence-corrected chi connectivity index (χ0v) is 7.17. The maximum atomic E-state index is 11.0. The number of ether oxygens (including phenoxy) is 1. The minimum atomic E-state index is -1.46. The number of rotatable bonds is 1. The second-order valence-electron chi connectivity index (χ2n) is 2.98. The van der Waals surface area contributed by atoms with E-state index >= 15 is 0 Å². The molecule has 4 heteroatoms. The average Bonchev–Trinajstić information content (AvgIpc) is 2.17. The van der Waals surface area contributed by atoms with Gasteiger partial charge in [-0.25, -0.2) is 9.59 Å². The van der Waals surface area contributed by atoms with Crippen LogP contribution in [0.1, 0.15) is 20.8 Å². The zero-order chi connectivity index (χ0) is 9.52. The Balaban J connectivity index is 3.17. The van der Waals surface area contributed by atoms with Crippen molar-refractivity contribution in [2.75, 3.05) is 0 Å².